The Hall–Kier alpha value is -2.16. The molecule has 1 aromatic rings. The lowest BCUT2D eigenvalue weighted by Gasteiger charge is -2.09. The number of aromatic nitrogens is 3. The van der Waals surface area contributed by atoms with Crippen LogP contribution in [0.5, 0.6) is 6.01 Å². The highest BCUT2D eigenvalue weighted by molar-refractivity contribution is 5.93. The summed E-state index contributed by atoms with van der Waals surface area (Å²) in [6.45, 7) is 2.20. The number of aromatic amines is 1. The molecule has 1 aliphatic heterocycles. The molecule has 1 aromatic heterocycles. The Morgan fingerprint density at radius 2 is 2.26 bits per heavy atom. The number of aliphatic carboxylic acids is 1. The summed E-state index contributed by atoms with van der Waals surface area (Å²) in [5, 5.41) is 17.4. The van der Waals surface area contributed by atoms with E-state index in [1.165, 1.54) is 0 Å². The van der Waals surface area contributed by atoms with E-state index in [4.69, 9.17) is 14.6 Å². The number of H-pyrrole nitrogens is 1. The third-order valence-corrected chi connectivity index (χ3v) is 2.57. The van der Waals surface area contributed by atoms with Crippen molar-refractivity contribution in [1.29, 1.82) is 0 Å². The van der Waals surface area contributed by atoms with Crippen LogP contribution in [0.4, 0.5) is 5.95 Å². The maximum Gasteiger partial charge on any atom is 0.337 e. The molecule has 2 unspecified atom stereocenters. The third-order valence-electron chi connectivity index (χ3n) is 2.57. The van der Waals surface area contributed by atoms with Crippen LogP contribution in [0.1, 0.15) is 19.8 Å². The largest absolute Gasteiger partial charge is 0.479 e. The Labute approximate surface area is 108 Å². The van der Waals surface area contributed by atoms with Gasteiger partial charge in [0.15, 0.2) is 6.10 Å². The highest BCUT2D eigenvalue weighted by atomic mass is 16.5. The topological polar surface area (TPSA) is 126 Å². The molecule has 1 amide bonds. The number of carboxylic acids is 1. The van der Waals surface area contributed by atoms with Crippen molar-refractivity contribution in [3.05, 3.63) is 0 Å². The molecule has 0 radical (unpaired) electrons. The van der Waals surface area contributed by atoms with Gasteiger partial charge >= 0.3 is 12.0 Å². The van der Waals surface area contributed by atoms with Crippen LogP contribution in [0.15, 0.2) is 0 Å². The van der Waals surface area contributed by atoms with Crippen LogP contribution in [0.2, 0.25) is 0 Å². The van der Waals surface area contributed by atoms with Crippen LogP contribution in [0.25, 0.3) is 0 Å². The molecule has 0 aliphatic carbocycles. The number of anilines is 1. The van der Waals surface area contributed by atoms with Crippen molar-refractivity contribution in [3.8, 4) is 6.01 Å². The zero-order chi connectivity index (χ0) is 13.8. The fourth-order valence-electron chi connectivity index (χ4n) is 1.70. The minimum atomic E-state index is -1.06. The maximum atomic E-state index is 11.8. The number of rotatable bonds is 5. The molecule has 104 valence electrons. The molecule has 0 bridgehead atoms. The molecule has 1 saturated heterocycles. The summed E-state index contributed by atoms with van der Waals surface area (Å²) in [6.07, 6.45) is -1.05. The summed E-state index contributed by atoms with van der Waals surface area (Å²) < 4.78 is 10.1. The molecule has 2 heterocycles. The van der Waals surface area contributed by atoms with E-state index in [2.05, 4.69) is 20.5 Å². The van der Waals surface area contributed by atoms with Crippen LogP contribution in [0.3, 0.4) is 0 Å². The summed E-state index contributed by atoms with van der Waals surface area (Å²) in [5.74, 6) is -1.38. The number of ether oxygens (including phenoxy) is 2. The zero-order valence-corrected chi connectivity index (χ0v) is 10.3. The molecule has 0 saturated carbocycles. The standard InChI is InChI=1S/C10H14N4O5/c1-2-18-10-12-9(13-14-10)11-7(15)5-3-4-6(19-5)8(16)17/h5-6H,2-4H2,1H3,(H,16,17)(H2,11,12,13,14,15). The molecular formula is C10H14N4O5. The van der Waals surface area contributed by atoms with Gasteiger partial charge in [0.2, 0.25) is 5.95 Å². The quantitative estimate of drug-likeness (QED) is 0.674. The van der Waals surface area contributed by atoms with Crippen molar-refractivity contribution >= 4 is 17.8 Å². The molecule has 9 nitrogen and oxygen atoms in total. The van der Waals surface area contributed by atoms with Crippen molar-refractivity contribution in [2.75, 3.05) is 11.9 Å². The molecule has 0 aromatic carbocycles. The van der Waals surface area contributed by atoms with Gasteiger partial charge in [-0.15, -0.1) is 5.10 Å². The number of carboxylic acid groups (broad SMARTS) is 1. The van der Waals surface area contributed by atoms with E-state index >= 15 is 0 Å². The van der Waals surface area contributed by atoms with Gasteiger partial charge in [0.25, 0.3) is 5.91 Å². The fourth-order valence-corrected chi connectivity index (χ4v) is 1.70. The van der Waals surface area contributed by atoms with Crippen molar-refractivity contribution in [1.82, 2.24) is 15.2 Å². The highest BCUT2D eigenvalue weighted by Gasteiger charge is 2.35. The molecule has 1 fully saturated rings. The summed E-state index contributed by atoms with van der Waals surface area (Å²) in [7, 11) is 0. The Kier molecular flexibility index (Phi) is 3.95. The lowest BCUT2D eigenvalue weighted by Crippen LogP contribution is -2.30. The van der Waals surface area contributed by atoms with Crippen LogP contribution in [0, 0.1) is 0 Å². The normalized spacial score (nSPS) is 22.2. The van der Waals surface area contributed by atoms with E-state index in [9.17, 15) is 9.59 Å². The average Bonchev–Trinajstić information content (AvgIpc) is 2.98. The zero-order valence-electron chi connectivity index (χ0n) is 10.3. The minimum Gasteiger partial charge on any atom is -0.479 e. The number of amides is 1. The molecule has 19 heavy (non-hydrogen) atoms. The number of hydrogen-bond donors (Lipinski definition) is 3. The molecule has 2 atom stereocenters. The Morgan fingerprint density at radius 3 is 2.89 bits per heavy atom. The van der Waals surface area contributed by atoms with E-state index in [1.54, 1.807) is 6.92 Å². The second-order valence-electron chi connectivity index (χ2n) is 3.92. The first-order valence-corrected chi connectivity index (χ1v) is 5.84. The summed E-state index contributed by atoms with van der Waals surface area (Å²) >= 11 is 0. The minimum absolute atomic E-state index is 0.133. The third kappa shape index (κ3) is 3.19. The van der Waals surface area contributed by atoms with Crippen LogP contribution >= 0.6 is 0 Å². The summed E-state index contributed by atoms with van der Waals surface area (Å²) in [5.41, 5.74) is 0. The van der Waals surface area contributed by atoms with E-state index < -0.39 is 24.1 Å². The van der Waals surface area contributed by atoms with E-state index in [0.29, 0.717) is 19.4 Å². The maximum absolute atomic E-state index is 11.8. The second-order valence-corrected chi connectivity index (χ2v) is 3.92. The molecule has 2 rings (SSSR count). The lowest BCUT2D eigenvalue weighted by atomic mass is 10.2. The highest BCUT2D eigenvalue weighted by Crippen LogP contribution is 2.21. The van der Waals surface area contributed by atoms with Gasteiger partial charge in [0, 0.05) is 0 Å². The number of hydrogen-bond acceptors (Lipinski definition) is 6. The first-order valence-electron chi connectivity index (χ1n) is 5.84. The van der Waals surface area contributed by atoms with Gasteiger partial charge < -0.3 is 14.6 Å². The average molecular weight is 270 g/mol. The predicted molar refractivity (Wildman–Crippen MR) is 61.7 cm³/mol. The van der Waals surface area contributed by atoms with Crippen LogP contribution < -0.4 is 10.1 Å². The van der Waals surface area contributed by atoms with Crippen molar-refractivity contribution < 1.29 is 24.2 Å². The van der Waals surface area contributed by atoms with E-state index in [0.717, 1.165) is 0 Å². The summed E-state index contributed by atoms with van der Waals surface area (Å²) in [4.78, 5) is 26.4. The van der Waals surface area contributed by atoms with Crippen molar-refractivity contribution in [2.45, 2.75) is 32.0 Å². The Balaban J connectivity index is 1.88. The van der Waals surface area contributed by atoms with Gasteiger partial charge in [-0.05, 0) is 19.8 Å². The Morgan fingerprint density at radius 1 is 1.53 bits per heavy atom. The van der Waals surface area contributed by atoms with Crippen molar-refractivity contribution in [2.24, 2.45) is 0 Å². The molecule has 0 spiro atoms. The van der Waals surface area contributed by atoms with Gasteiger partial charge in [0.05, 0.1) is 6.61 Å². The fraction of sp³-hybridized carbons (Fsp3) is 0.600. The number of carbonyl (C=O) groups excluding carboxylic acids is 1. The molecule has 1 aliphatic rings. The number of nitrogens with one attached hydrogen (secondary N) is 2. The Bertz CT molecular complexity index is 474. The molecule has 9 heteroatoms. The second kappa shape index (κ2) is 5.65. The summed E-state index contributed by atoms with van der Waals surface area (Å²) in [6, 6.07) is 0.133. The molecule has 3 N–H and O–H groups in total. The molecular weight excluding hydrogens is 256 g/mol. The van der Waals surface area contributed by atoms with Crippen molar-refractivity contribution in [3.63, 3.8) is 0 Å². The first-order chi connectivity index (χ1) is 9.10. The monoisotopic (exact) mass is 270 g/mol. The van der Waals surface area contributed by atoms with E-state index in [1.807, 2.05) is 0 Å². The first kappa shape index (κ1) is 13.3. The van der Waals surface area contributed by atoms with Gasteiger partial charge in [-0.2, -0.15) is 4.98 Å². The number of nitrogens with zero attached hydrogens (tertiary/aromatic N) is 2. The van der Waals surface area contributed by atoms with Crippen LogP contribution in [-0.4, -0.2) is 51.0 Å². The van der Waals surface area contributed by atoms with Gasteiger partial charge in [-0.25, -0.2) is 9.89 Å². The number of carbonyl (C=O) groups is 2. The van der Waals surface area contributed by atoms with Gasteiger partial charge in [-0.1, -0.05) is 0 Å². The van der Waals surface area contributed by atoms with Gasteiger partial charge in [0.1, 0.15) is 6.10 Å². The van der Waals surface area contributed by atoms with Crippen LogP contribution in [-0.2, 0) is 14.3 Å². The smallest absolute Gasteiger partial charge is 0.337 e. The predicted octanol–water partition coefficient (Wildman–Crippen LogP) is -0.226. The van der Waals surface area contributed by atoms with E-state index in [-0.39, 0.29) is 12.0 Å². The van der Waals surface area contributed by atoms with Gasteiger partial charge in [-0.3, -0.25) is 10.1 Å². The lowest BCUT2D eigenvalue weighted by molar-refractivity contribution is -0.150. The SMILES string of the molecule is CCOc1n[nH]c(NC(=O)C2CCC(C(=O)O)O2)n1.